The van der Waals surface area contributed by atoms with Gasteiger partial charge < -0.3 is 9.47 Å². The molecule has 1 heterocycles. The van der Waals surface area contributed by atoms with Crippen molar-refractivity contribution in [1.82, 2.24) is 5.32 Å². The van der Waals surface area contributed by atoms with E-state index in [4.69, 9.17) is 44.9 Å². The molecule has 1 N–H and O–H groups in total. The van der Waals surface area contributed by atoms with Crippen LogP contribution >= 0.6 is 35.4 Å². The molecule has 1 aliphatic rings. The quantitative estimate of drug-likeness (QED) is 0.144. The fraction of sp³-hybridized carbons (Fsp3) is 0.0333. The number of thiocarbonyl (C=S) groups is 1. The van der Waals surface area contributed by atoms with E-state index in [0.29, 0.717) is 28.5 Å². The molecule has 0 atom stereocenters. The first-order valence-corrected chi connectivity index (χ1v) is 13.0. The van der Waals surface area contributed by atoms with Crippen molar-refractivity contribution in [1.29, 1.82) is 0 Å². The molecule has 0 aliphatic carbocycles. The third kappa shape index (κ3) is 6.12. The Balaban J connectivity index is 1.36. The second-order valence-corrected chi connectivity index (χ2v) is 9.66. The lowest BCUT2D eigenvalue weighted by molar-refractivity contribution is -0.122. The van der Waals surface area contributed by atoms with Gasteiger partial charge in [0.25, 0.3) is 11.8 Å². The third-order valence-electron chi connectivity index (χ3n) is 5.73. The number of para-hydroxylation sites is 1. The molecule has 0 unspecified atom stereocenters. The predicted molar refractivity (Wildman–Crippen MR) is 156 cm³/mol. The van der Waals surface area contributed by atoms with Crippen molar-refractivity contribution in [3.63, 3.8) is 0 Å². The van der Waals surface area contributed by atoms with Crippen molar-refractivity contribution in [3.8, 4) is 17.2 Å². The predicted octanol–water partition coefficient (Wildman–Crippen LogP) is 7.20. The molecule has 39 heavy (non-hydrogen) atoms. The number of nitrogens with one attached hydrogen (secondary N) is 1. The first-order valence-electron chi connectivity index (χ1n) is 11.8. The number of amides is 2. The zero-order chi connectivity index (χ0) is 27.4. The Kier molecular flexibility index (Phi) is 7.93. The molecule has 1 aliphatic heterocycles. The Morgan fingerprint density at radius 1 is 0.821 bits per heavy atom. The van der Waals surface area contributed by atoms with Crippen LogP contribution in [0.15, 0.2) is 103 Å². The molecule has 5 rings (SSSR count). The van der Waals surface area contributed by atoms with Gasteiger partial charge in [0.15, 0.2) is 10.9 Å². The monoisotopic (exact) mass is 574 g/mol. The number of benzene rings is 4. The van der Waals surface area contributed by atoms with Gasteiger partial charge in [0.2, 0.25) is 0 Å². The molecule has 1 saturated heterocycles. The van der Waals surface area contributed by atoms with Crippen molar-refractivity contribution in [3.05, 3.63) is 124 Å². The molecule has 0 bridgehead atoms. The Labute approximate surface area is 240 Å². The largest absolute Gasteiger partial charge is 0.486 e. The lowest BCUT2D eigenvalue weighted by Crippen LogP contribution is -2.54. The molecule has 2 amide bonds. The first kappa shape index (κ1) is 26.4. The van der Waals surface area contributed by atoms with E-state index in [-0.39, 0.29) is 27.3 Å². The maximum atomic E-state index is 13.4. The van der Waals surface area contributed by atoms with Crippen LogP contribution in [-0.2, 0) is 16.2 Å². The van der Waals surface area contributed by atoms with Crippen molar-refractivity contribution in [2.24, 2.45) is 0 Å². The molecule has 0 radical (unpaired) electrons. The number of rotatable bonds is 7. The Morgan fingerprint density at radius 2 is 1.41 bits per heavy atom. The van der Waals surface area contributed by atoms with E-state index in [9.17, 15) is 9.59 Å². The molecule has 4 aromatic carbocycles. The second kappa shape index (κ2) is 11.7. The summed E-state index contributed by atoms with van der Waals surface area (Å²) in [4.78, 5) is 27.4. The Hall–Kier alpha value is -4.17. The fourth-order valence-electron chi connectivity index (χ4n) is 3.88. The Bertz CT molecular complexity index is 1550. The van der Waals surface area contributed by atoms with Crippen LogP contribution in [0.3, 0.4) is 0 Å². The topological polar surface area (TPSA) is 67.9 Å². The normalized spacial score (nSPS) is 14.4. The summed E-state index contributed by atoms with van der Waals surface area (Å²) in [6.07, 6.45) is 1.41. The zero-order valence-electron chi connectivity index (χ0n) is 20.3. The lowest BCUT2D eigenvalue weighted by atomic mass is 10.1. The SMILES string of the molecule is O=C1NC(=S)N(c2ccc(Oc3ccccc3)cc2)C(=O)C1=Cc1cc(Cl)c(OCc2ccccc2)c(Cl)c1. The highest BCUT2D eigenvalue weighted by atomic mass is 35.5. The minimum Gasteiger partial charge on any atom is -0.486 e. The van der Waals surface area contributed by atoms with Gasteiger partial charge in [0.05, 0.1) is 15.7 Å². The maximum absolute atomic E-state index is 13.4. The molecule has 6 nitrogen and oxygen atoms in total. The highest BCUT2D eigenvalue weighted by molar-refractivity contribution is 7.80. The molecule has 0 saturated carbocycles. The van der Waals surface area contributed by atoms with E-state index in [2.05, 4.69) is 5.32 Å². The van der Waals surface area contributed by atoms with Gasteiger partial charge in [-0.25, -0.2) is 0 Å². The third-order valence-corrected chi connectivity index (χ3v) is 6.58. The highest BCUT2D eigenvalue weighted by Crippen LogP contribution is 2.36. The van der Waals surface area contributed by atoms with Gasteiger partial charge in [0, 0.05) is 0 Å². The first-order chi connectivity index (χ1) is 18.9. The van der Waals surface area contributed by atoms with E-state index in [1.54, 1.807) is 36.4 Å². The number of nitrogens with zero attached hydrogens (tertiary/aromatic N) is 1. The summed E-state index contributed by atoms with van der Waals surface area (Å²) in [5.41, 5.74) is 1.75. The van der Waals surface area contributed by atoms with Crippen molar-refractivity contribution in [2.45, 2.75) is 6.61 Å². The molecule has 0 aromatic heterocycles. The van der Waals surface area contributed by atoms with E-state index in [1.807, 2.05) is 60.7 Å². The lowest BCUT2D eigenvalue weighted by Gasteiger charge is -2.29. The van der Waals surface area contributed by atoms with Gasteiger partial charge in [-0.15, -0.1) is 0 Å². The van der Waals surface area contributed by atoms with Crippen LogP contribution in [0, 0.1) is 0 Å². The van der Waals surface area contributed by atoms with Crippen LogP contribution in [0.4, 0.5) is 5.69 Å². The molecule has 1 fully saturated rings. The molecule has 194 valence electrons. The van der Waals surface area contributed by atoms with Gasteiger partial charge in [-0.2, -0.15) is 0 Å². The number of carbonyl (C=O) groups excluding carboxylic acids is 2. The van der Waals surface area contributed by atoms with Gasteiger partial charge in [-0.1, -0.05) is 71.7 Å². The van der Waals surface area contributed by atoms with Crippen LogP contribution in [0.1, 0.15) is 11.1 Å². The standard InChI is InChI=1S/C30H20Cl2N2O4S/c31-25-16-20(17-26(32)27(25)37-18-19-7-3-1-4-8-19)15-24-28(35)33-30(39)34(29(24)36)21-11-13-23(14-12-21)38-22-9-5-2-6-10-22/h1-17H,18H2,(H,33,35,39). The average molecular weight is 575 g/mol. The van der Waals surface area contributed by atoms with Gasteiger partial charge in [-0.3, -0.25) is 19.8 Å². The number of halogens is 2. The van der Waals surface area contributed by atoms with Crippen LogP contribution in [0.25, 0.3) is 6.08 Å². The van der Waals surface area contributed by atoms with Gasteiger partial charge >= 0.3 is 0 Å². The van der Waals surface area contributed by atoms with Crippen molar-refractivity contribution >= 4 is 64.1 Å². The van der Waals surface area contributed by atoms with E-state index >= 15 is 0 Å². The summed E-state index contributed by atoms with van der Waals surface area (Å²) < 4.78 is 11.6. The summed E-state index contributed by atoms with van der Waals surface area (Å²) in [5.74, 6) is 0.364. The molecule has 4 aromatic rings. The minimum absolute atomic E-state index is 0.0281. The van der Waals surface area contributed by atoms with Crippen molar-refractivity contribution in [2.75, 3.05) is 4.90 Å². The maximum Gasteiger partial charge on any atom is 0.270 e. The summed E-state index contributed by atoms with van der Waals surface area (Å²) in [7, 11) is 0. The summed E-state index contributed by atoms with van der Waals surface area (Å²) in [5, 5.41) is 3.03. The molecular formula is C30H20Cl2N2O4S. The summed E-state index contributed by atoms with van der Waals surface area (Å²) >= 11 is 18.2. The number of hydrogen-bond acceptors (Lipinski definition) is 5. The highest BCUT2D eigenvalue weighted by Gasteiger charge is 2.34. The smallest absolute Gasteiger partial charge is 0.270 e. The van der Waals surface area contributed by atoms with E-state index in [1.165, 1.54) is 11.0 Å². The van der Waals surface area contributed by atoms with Crippen LogP contribution in [0.5, 0.6) is 17.2 Å². The number of ether oxygens (including phenoxy) is 2. The van der Waals surface area contributed by atoms with Gasteiger partial charge in [-0.05, 0) is 78.0 Å². The summed E-state index contributed by atoms with van der Waals surface area (Å²) in [6, 6.07) is 28.8. The minimum atomic E-state index is -0.623. The van der Waals surface area contributed by atoms with Crippen molar-refractivity contribution < 1.29 is 19.1 Å². The number of hydrogen-bond donors (Lipinski definition) is 1. The van der Waals surface area contributed by atoms with Crippen LogP contribution < -0.4 is 19.7 Å². The van der Waals surface area contributed by atoms with E-state index in [0.717, 1.165) is 5.56 Å². The second-order valence-electron chi connectivity index (χ2n) is 8.45. The number of carbonyl (C=O) groups is 2. The van der Waals surface area contributed by atoms with Crippen LogP contribution in [-0.4, -0.2) is 16.9 Å². The molecule has 9 heteroatoms. The molecular weight excluding hydrogens is 555 g/mol. The zero-order valence-corrected chi connectivity index (χ0v) is 22.6. The molecule has 0 spiro atoms. The Morgan fingerprint density at radius 3 is 2.05 bits per heavy atom. The van der Waals surface area contributed by atoms with Gasteiger partial charge in [0.1, 0.15) is 23.7 Å². The van der Waals surface area contributed by atoms with Crippen LogP contribution in [0.2, 0.25) is 10.0 Å². The fourth-order valence-corrected chi connectivity index (χ4v) is 4.77. The van der Waals surface area contributed by atoms with E-state index < -0.39 is 11.8 Å². The summed E-state index contributed by atoms with van der Waals surface area (Å²) in [6.45, 7) is 0.281. The average Bonchev–Trinajstić information content (AvgIpc) is 2.92. The number of anilines is 1.